The van der Waals surface area contributed by atoms with E-state index in [2.05, 4.69) is 0 Å². The van der Waals surface area contributed by atoms with Crippen molar-refractivity contribution < 1.29 is 28.5 Å². The summed E-state index contributed by atoms with van der Waals surface area (Å²) in [6.07, 6.45) is 0.235. The average molecular weight is 379 g/mol. The number of hydrogen-bond acceptors (Lipinski definition) is 6. The molecule has 1 aromatic carbocycles. The molecule has 2 fully saturated rings. The lowest BCUT2D eigenvalue weighted by Crippen LogP contribution is -2.70. The van der Waals surface area contributed by atoms with Gasteiger partial charge in [0.05, 0.1) is 26.2 Å². The van der Waals surface area contributed by atoms with E-state index in [9.17, 15) is 4.79 Å². The molecule has 3 rings (SSSR count). The number of β-lactam (4-membered cyclic amide) rings is 1. The third kappa shape index (κ3) is 3.57. The largest absolute Gasteiger partial charge is 0.497 e. The molecule has 0 saturated carbocycles. The van der Waals surface area contributed by atoms with Gasteiger partial charge in [0.15, 0.2) is 5.79 Å². The summed E-state index contributed by atoms with van der Waals surface area (Å²) < 4.78 is 28.4. The molecule has 7 nitrogen and oxygen atoms in total. The van der Waals surface area contributed by atoms with Gasteiger partial charge in [-0.25, -0.2) is 0 Å². The molecule has 0 aliphatic carbocycles. The van der Waals surface area contributed by atoms with E-state index in [1.807, 2.05) is 38.1 Å². The second-order valence-electron chi connectivity index (χ2n) is 7.11. The van der Waals surface area contributed by atoms with Gasteiger partial charge >= 0.3 is 0 Å². The number of amides is 1. The van der Waals surface area contributed by atoms with Gasteiger partial charge in [-0.05, 0) is 37.6 Å². The zero-order valence-electron chi connectivity index (χ0n) is 16.6. The average Bonchev–Trinajstić information content (AvgIpc) is 2.97. The predicted molar refractivity (Wildman–Crippen MR) is 100.0 cm³/mol. The molecule has 150 valence electrons. The van der Waals surface area contributed by atoms with Crippen LogP contribution in [-0.2, 0) is 23.7 Å². The number of anilines is 1. The molecule has 0 radical (unpaired) electrons. The summed E-state index contributed by atoms with van der Waals surface area (Å²) in [5, 5.41) is 0. The van der Waals surface area contributed by atoms with Crippen molar-refractivity contribution in [1.29, 1.82) is 0 Å². The van der Waals surface area contributed by atoms with E-state index in [0.29, 0.717) is 13.2 Å². The lowest BCUT2D eigenvalue weighted by molar-refractivity contribution is -0.204. The van der Waals surface area contributed by atoms with Crippen LogP contribution in [0.5, 0.6) is 5.75 Å². The van der Waals surface area contributed by atoms with Crippen LogP contribution in [-0.4, -0.2) is 64.5 Å². The topological polar surface area (TPSA) is 66.5 Å². The minimum Gasteiger partial charge on any atom is -0.497 e. The van der Waals surface area contributed by atoms with Crippen molar-refractivity contribution in [2.45, 2.75) is 44.3 Å². The smallest absolute Gasteiger partial charge is 0.232 e. The Balaban J connectivity index is 1.87. The van der Waals surface area contributed by atoms with E-state index in [1.165, 1.54) is 0 Å². The summed E-state index contributed by atoms with van der Waals surface area (Å²) in [5.74, 6) is -0.252. The Morgan fingerprint density at radius 2 is 1.59 bits per heavy atom. The Hall–Kier alpha value is -1.67. The molecule has 0 N–H and O–H groups in total. The molecular weight excluding hydrogens is 350 g/mol. The lowest BCUT2D eigenvalue weighted by Gasteiger charge is -2.52. The van der Waals surface area contributed by atoms with E-state index >= 15 is 0 Å². The maximum absolute atomic E-state index is 12.8. The fourth-order valence-electron chi connectivity index (χ4n) is 4.11. The summed E-state index contributed by atoms with van der Waals surface area (Å²) in [7, 11) is 4.88. The fourth-order valence-corrected chi connectivity index (χ4v) is 4.11. The van der Waals surface area contributed by atoms with E-state index in [0.717, 1.165) is 17.9 Å². The Morgan fingerprint density at radius 3 is 2.04 bits per heavy atom. The van der Waals surface area contributed by atoms with Crippen molar-refractivity contribution in [3.8, 4) is 5.75 Å². The first-order chi connectivity index (χ1) is 13.0. The van der Waals surface area contributed by atoms with Crippen LogP contribution in [0.3, 0.4) is 0 Å². The van der Waals surface area contributed by atoms with E-state index in [1.54, 1.807) is 26.2 Å². The minimum absolute atomic E-state index is 0.0829. The SMILES string of the molecule is CC[C@H]1C(=O)N(c2ccc(OC)cc2)[C@@H]1C1(C)O[C@@H](COC)[C@H](COC)O1. The summed E-state index contributed by atoms with van der Waals surface area (Å²) in [6, 6.07) is 7.24. The Labute approximate surface area is 160 Å². The number of ether oxygens (including phenoxy) is 5. The summed E-state index contributed by atoms with van der Waals surface area (Å²) in [6.45, 7) is 4.73. The zero-order chi connectivity index (χ0) is 19.6. The van der Waals surface area contributed by atoms with Crippen LogP contribution in [0.2, 0.25) is 0 Å². The first kappa shape index (κ1) is 20.1. The second kappa shape index (κ2) is 8.14. The summed E-state index contributed by atoms with van der Waals surface area (Å²) in [5.41, 5.74) is 0.808. The molecule has 1 aromatic rings. The lowest BCUT2D eigenvalue weighted by atomic mass is 9.79. The number of rotatable bonds is 8. The third-order valence-electron chi connectivity index (χ3n) is 5.39. The first-order valence-electron chi connectivity index (χ1n) is 9.29. The summed E-state index contributed by atoms with van der Waals surface area (Å²) >= 11 is 0. The number of benzene rings is 1. The molecule has 2 aliphatic rings. The number of hydrogen-bond donors (Lipinski definition) is 0. The first-order valence-corrected chi connectivity index (χ1v) is 9.29. The van der Waals surface area contributed by atoms with Crippen molar-refractivity contribution in [2.75, 3.05) is 39.4 Å². The van der Waals surface area contributed by atoms with Crippen molar-refractivity contribution in [3.63, 3.8) is 0 Å². The normalized spacial score (nSPS) is 29.7. The molecule has 0 bridgehead atoms. The molecule has 0 aromatic heterocycles. The Bertz CT molecular complexity index is 634. The number of carbonyl (C=O) groups excluding carboxylic acids is 1. The van der Waals surface area contributed by atoms with E-state index in [4.69, 9.17) is 23.7 Å². The van der Waals surface area contributed by atoms with Crippen LogP contribution in [0.1, 0.15) is 20.3 Å². The maximum atomic E-state index is 12.8. The van der Waals surface area contributed by atoms with E-state index in [-0.39, 0.29) is 30.1 Å². The minimum atomic E-state index is -0.930. The molecule has 0 spiro atoms. The van der Waals surface area contributed by atoms with Gasteiger partial charge in [0.25, 0.3) is 0 Å². The maximum Gasteiger partial charge on any atom is 0.232 e. The van der Waals surface area contributed by atoms with Gasteiger partial charge in [0, 0.05) is 19.9 Å². The van der Waals surface area contributed by atoms with Crippen LogP contribution in [0, 0.1) is 5.92 Å². The number of carbonyl (C=O) groups is 1. The molecular formula is C20H29NO6. The van der Waals surface area contributed by atoms with Crippen molar-refractivity contribution in [1.82, 2.24) is 0 Å². The molecule has 27 heavy (non-hydrogen) atoms. The molecule has 2 aliphatic heterocycles. The highest BCUT2D eigenvalue weighted by atomic mass is 16.8. The van der Waals surface area contributed by atoms with Gasteiger partial charge in [0.1, 0.15) is 24.0 Å². The fraction of sp³-hybridized carbons (Fsp3) is 0.650. The quantitative estimate of drug-likeness (QED) is 0.646. The van der Waals surface area contributed by atoms with Gasteiger partial charge in [-0.2, -0.15) is 0 Å². The van der Waals surface area contributed by atoms with Crippen LogP contribution in [0.15, 0.2) is 24.3 Å². The van der Waals surface area contributed by atoms with E-state index < -0.39 is 5.79 Å². The van der Waals surface area contributed by atoms with Crippen molar-refractivity contribution >= 4 is 11.6 Å². The standard InChI is InChI=1S/C20H29NO6/c1-6-15-18(20(2)26-16(11-23-3)17(27-20)12-24-4)21(19(15)22)13-7-9-14(25-5)10-8-13/h7-10,15-18H,6,11-12H2,1-5H3/t15-,16+,17+,18+/m1/s1. The molecule has 0 unspecified atom stereocenters. The molecule has 4 atom stereocenters. The third-order valence-corrected chi connectivity index (χ3v) is 5.39. The van der Waals surface area contributed by atoms with Gasteiger partial charge in [-0.3, -0.25) is 4.79 Å². The highest BCUT2D eigenvalue weighted by Crippen LogP contribution is 2.46. The monoisotopic (exact) mass is 379 g/mol. The predicted octanol–water partition coefficient (Wildman–Crippen LogP) is 2.23. The zero-order valence-corrected chi connectivity index (χ0v) is 16.6. The van der Waals surface area contributed by atoms with Crippen LogP contribution < -0.4 is 9.64 Å². The molecule has 2 heterocycles. The van der Waals surface area contributed by atoms with Gasteiger partial charge in [-0.15, -0.1) is 0 Å². The Morgan fingerprint density at radius 1 is 1.04 bits per heavy atom. The van der Waals surface area contributed by atoms with Gasteiger partial charge < -0.3 is 28.6 Å². The van der Waals surface area contributed by atoms with Gasteiger partial charge in [0.2, 0.25) is 5.91 Å². The second-order valence-corrected chi connectivity index (χ2v) is 7.11. The highest BCUT2D eigenvalue weighted by molar-refractivity contribution is 6.03. The Kier molecular flexibility index (Phi) is 6.05. The van der Waals surface area contributed by atoms with Crippen molar-refractivity contribution in [3.05, 3.63) is 24.3 Å². The molecule has 1 amide bonds. The number of nitrogens with zero attached hydrogens (tertiary/aromatic N) is 1. The highest BCUT2D eigenvalue weighted by Gasteiger charge is 2.61. The number of methoxy groups -OCH3 is 3. The van der Waals surface area contributed by atoms with Crippen LogP contribution in [0.25, 0.3) is 0 Å². The molecule has 2 saturated heterocycles. The van der Waals surface area contributed by atoms with Crippen molar-refractivity contribution in [2.24, 2.45) is 5.92 Å². The van der Waals surface area contributed by atoms with Crippen LogP contribution >= 0.6 is 0 Å². The molecule has 7 heteroatoms. The summed E-state index contributed by atoms with van der Waals surface area (Å²) in [4.78, 5) is 14.6. The van der Waals surface area contributed by atoms with Gasteiger partial charge in [-0.1, -0.05) is 6.92 Å². The van der Waals surface area contributed by atoms with Crippen LogP contribution in [0.4, 0.5) is 5.69 Å².